The van der Waals surface area contributed by atoms with E-state index in [1.165, 1.54) is 0 Å². The lowest BCUT2D eigenvalue weighted by Gasteiger charge is -2.33. The van der Waals surface area contributed by atoms with Gasteiger partial charge in [0.25, 0.3) is 0 Å². The van der Waals surface area contributed by atoms with Crippen LogP contribution in [0.2, 0.25) is 0 Å². The zero-order valence-corrected chi connectivity index (χ0v) is 16.0. The smallest absolute Gasteiger partial charge is 0.372 e. The van der Waals surface area contributed by atoms with Gasteiger partial charge in [-0.15, -0.1) is 12.4 Å². The van der Waals surface area contributed by atoms with Gasteiger partial charge in [0.2, 0.25) is 0 Å². The zero-order chi connectivity index (χ0) is 20.4. The molecule has 1 saturated heterocycles. The summed E-state index contributed by atoms with van der Waals surface area (Å²) in [6.07, 6.45) is -8.61. The number of alkyl halides is 6. The molecule has 0 saturated carbocycles. The standard InChI is InChI=1S/C20H19F6NO.ClH/c21-19(22,23)15-9-13(10-16(11-15)20(24,25)26)12-28-17-7-4-8-27-18(17)14-5-2-1-3-6-14;/h1-3,5-6,9-11,17-18,27H,4,7-8,12H2;1H. The molecule has 0 amide bonds. The van der Waals surface area contributed by atoms with Crippen LogP contribution in [-0.2, 0) is 23.7 Å². The molecular formula is C20H20ClF6NO. The van der Waals surface area contributed by atoms with E-state index in [1.54, 1.807) is 0 Å². The van der Waals surface area contributed by atoms with Gasteiger partial charge in [-0.1, -0.05) is 30.3 Å². The predicted molar refractivity (Wildman–Crippen MR) is 98.7 cm³/mol. The fourth-order valence-corrected chi connectivity index (χ4v) is 3.34. The van der Waals surface area contributed by atoms with Gasteiger partial charge in [0.1, 0.15) is 0 Å². The topological polar surface area (TPSA) is 21.3 Å². The van der Waals surface area contributed by atoms with E-state index in [4.69, 9.17) is 4.74 Å². The summed E-state index contributed by atoms with van der Waals surface area (Å²) in [4.78, 5) is 0. The normalized spacial score (nSPS) is 20.2. The Hall–Kier alpha value is -1.77. The summed E-state index contributed by atoms with van der Waals surface area (Å²) in [5.41, 5.74) is -1.85. The number of benzene rings is 2. The average Bonchev–Trinajstić information content (AvgIpc) is 2.66. The molecule has 0 aliphatic carbocycles. The van der Waals surface area contributed by atoms with E-state index in [-0.39, 0.29) is 42.8 Å². The molecule has 1 fully saturated rings. The number of hydrogen-bond acceptors (Lipinski definition) is 2. The Bertz CT molecular complexity index is 762. The predicted octanol–water partition coefficient (Wildman–Crippen LogP) is 6.16. The molecule has 2 aromatic carbocycles. The van der Waals surface area contributed by atoms with Gasteiger partial charge in [-0.2, -0.15) is 26.3 Å². The molecule has 1 N–H and O–H groups in total. The fraction of sp³-hybridized carbons (Fsp3) is 0.400. The van der Waals surface area contributed by atoms with Gasteiger partial charge in [0, 0.05) is 0 Å². The van der Waals surface area contributed by atoms with Crippen LogP contribution >= 0.6 is 12.4 Å². The third-order valence-corrected chi connectivity index (χ3v) is 4.67. The second-order valence-electron chi connectivity index (χ2n) is 6.75. The summed E-state index contributed by atoms with van der Waals surface area (Å²) in [5, 5.41) is 3.31. The number of ether oxygens (including phenoxy) is 1. The molecule has 1 heterocycles. The molecule has 0 aromatic heterocycles. The van der Waals surface area contributed by atoms with Crippen molar-refractivity contribution in [3.63, 3.8) is 0 Å². The molecule has 1 aliphatic heterocycles. The van der Waals surface area contributed by atoms with Crippen molar-refractivity contribution in [1.82, 2.24) is 5.32 Å². The van der Waals surface area contributed by atoms with Crippen molar-refractivity contribution >= 4 is 12.4 Å². The summed E-state index contributed by atoms with van der Waals surface area (Å²) in [6, 6.07) is 10.8. The molecule has 2 atom stereocenters. The molecule has 0 spiro atoms. The third-order valence-electron chi connectivity index (χ3n) is 4.67. The first-order valence-corrected chi connectivity index (χ1v) is 8.83. The first-order chi connectivity index (χ1) is 13.1. The van der Waals surface area contributed by atoms with E-state index >= 15 is 0 Å². The lowest BCUT2D eigenvalue weighted by Crippen LogP contribution is -2.39. The number of hydrogen-bond donors (Lipinski definition) is 1. The summed E-state index contributed by atoms with van der Waals surface area (Å²) in [6.45, 7) is 0.434. The second kappa shape index (κ2) is 9.36. The maximum absolute atomic E-state index is 13.0. The van der Waals surface area contributed by atoms with Crippen molar-refractivity contribution in [1.29, 1.82) is 0 Å². The number of nitrogens with one attached hydrogen (secondary N) is 1. The van der Waals surface area contributed by atoms with Gasteiger partial charge in [-0.25, -0.2) is 0 Å². The summed E-state index contributed by atoms with van der Waals surface area (Å²) in [5.74, 6) is 0. The summed E-state index contributed by atoms with van der Waals surface area (Å²) in [7, 11) is 0. The SMILES string of the molecule is Cl.FC(F)(F)c1cc(COC2CCCNC2c2ccccc2)cc(C(F)(F)F)c1. The quantitative estimate of drug-likeness (QED) is 0.576. The Morgan fingerprint density at radius 2 is 1.48 bits per heavy atom. The van der Waals surface area contributed by atoms with E-state index in [1.807, 2.05) is 30.3 Å². The Morgan fingerprint density at radius 1 is 0.897 bits per heavy atom. The fourth-order valence-electron chi connectivity index (χ4n) is 3.34. The molecular weight excluding hydrogens is 420 g/mol. The van der Waals surface area contributed by atoms with Gasteiger partial charge < -0.3 is 10.1 Å². The van der Waals surface area contributed by atoms with Crippen molar-refractivity contribution in [2.75, 3.05) is 6.54 Å². The van der Waals surface area contributed by atoms with Crippen molar-refractivity contribution in [3.8, 4) is 0 Å². The summed E-state index contributed by atoms with van der Waals surface area (Å²) < 4.78 is 83.8. The van der Waals surface area contributed by atoms with Crippen LogP contribution in [0.25, 0.3) is 0 Å². The van der Waals surface area contributed by atoms with E-state index in [0.717, 1.165) is 18.5 Å². The molecule has 1 aliphatic rings. The molecule has 2 aromatic rings. The van der Waals surface area contributed by atoms with Gasteiger partial charge in [-0.05, 0) is 48.7 Å². The molecule has 2 unspecified atom stereocenters. The van der Waals surface area contributed by atoms with Gasteiger partial charge in [0.15, 0.2) is 0 Å². The Labute approximate surface area is 170 Å². The lowest BCUT2D eigenvalue weighted by atomic mass is 9.94. The Morgan fingerprint density at radius 3 is 2.03 bits per heavy atom. The van der Waals surface area contributed by atoms with Crippen LogP contribution in [0.3, 0.4) is 0 Å². The van der Waals surface area contributed by atoms with Gasteiger partial charge in [0.05, 0.1) is 29.9 Å². The van der Waals surface area contributed by atoms with Crippen LogP contribution in [-0.4, -0.2) is 12.6 Å². The highest BCUT2D eigenvalue weighted by atomic mass is 35.5. The number of rotatable bonds is 4. The minimum Gasteiger partial charge on any atom is -0.372 e. The number of piperidine rings is 1. The maximum Gasteiger partial charge on any atom is 0.416 e. The third kappa shape index (κ3) is 6.10. The van der Waals surface area contributed by atoms with E-state index < -0.39 is 23.5 Å². The lowest BCUT2D eigenvalue weighted by molar-refractivity contribution is -0.143. The first kappa shape index (κ1) is 23.5. The van der Waals surface area contributed by atoms with Crippen LogP contribution in [0, 0.1) is 0 Å². The molecule has 0 radical (unpaired) electrons. The molecule has 0 bridgehead atoms. The van der Waals surface area contributed by atoms with Crippen LogP contribution < -0.4 is 5.32 Å². The van der Waals surface area contributed by atoms with Crippen LogP contribution in [0.1, 0.15) is 41.1 Å². The van der Waals surface area contributed by atoms with E-state index in [0.29, 0.717) is 18.6 Å². The minimum absolute atomic E-state index is 0. The van der Waals surface area contributed by atoms with Crippen LogP contribution in [0.4, 0.5) is 26.3 Å². The van der Waals surface area contributed by atoms with Crippen molar-refractivity contribution in [3.05, 3.63) is 70.8 Å². The number of halogens is 7. The monoisotopic (exact) mass is 439 g/mol. The average molecular weight is 440 g/mol. The first-order valence-electron chi connectivity index (χ1n) is 8.83. The molecule has 160 valence electrons. The molecule has 29 heavy (non-hydrogen) atoms. The van der Waals surface area contributed by atoms with Crippen molar-refractivity contribution in [2.45, 2.75) is 43.9 Å². The van der Waals surface area contributed by atoms with Crippen molar-refractivity contribution < 1.29 is 31.1 Å². The molecule has 9 heteroatoms. The zero-order valence-electron chi connectivity index (χ0n) is 15.2. The van der Waals surface area contributed by atoms with Gasteiger partial charge >= 0.3 is 12.4 Å². The highest BCUT2D eigenvalue weighted by molar-refractivity contribution is 5.85. The largest absolute Gasteiger partial charge is 0.416 e. The Balaban J connectivity index is 0.00000300. The highest BCUT2D eigenvalue weighted by Crippen LogP contribution is 2.37. The maximum atomic E-state index is 13.0. The van der Waals surface area contributed by atoms with Crippen molar-refractivity contribution in [2.24, 2.45) is 0 Å². The van der Waals surface area contributed by atoms with Crippen LogP contribution in [0.15, 0.2) is 48.5 Å². The Kier molecular flexibility index (Phi) is 7.59. The minimum atomic E-state index is -4.87. The van der Waals surface area contributed by atoms with Crippen LogP contribution in [0.5, 0.6) is 0 Å². The molecule has 3 rings (SSSR count). The van der Waals surface area contributed by atoms with E-state index in [9.17, 15) is 26.3 Å². The highest BCUT2D eigenvalue weighted by Gasteiger charge is 2.37. The second-order valence-corrected chi connectivity index (χ2v) is 6.75. The van der Waals surface area contributed by atoms with Gasteiger partial charge in [-0.3, -0.25) is 0 Å². The summed E-state index contributed by atoms with van der Waals surface area (Å²) >= 11 is 0. The molecule has 2 nitrogen and oxygen atoms in total. The van der Waals surface area contributed by atoms with E-state index in [2.05, 4.69) is 5.32 Å².